The molecule has 2 unspecified atom stereocenters. The van der Waals surface area contributed by atoms with Crippen LogP contribution >= 0.6 is 0 Å². The zero-order chi connectivity index (χ0) is 14.1. The monoisotopic (exact) mass is 280 g/mol. The molecule has 3 aliphatic heterocycles. The maximum absolute atomic E-state index is 12.6. The molecule has 3 amide bonds. The van der Waals surface area contributed by atoms with Crippen molar-refractivity contribution in [2.45, 2.75) is 31.3 Å². The topological polar surface area (TPSA) is 81.8 Å². The molecule has 3 saturated heterocycles. The number of hydrogen-bond acceptors (Lipinski definition) is 5. The van der Waals surface area contributed by atoms with Gasteiger partial charge in [0.1, 0.15) is 0 Å². The van der Waals surface area contributed by atoms with Crippen molar-refractivity contribution in [3.05, 3.63) is 0 Å². The lowest BCUT2D eigenvalue weighted by atomic mass is 10.1. The summed E-state index contributed by atoms with van der Waals surface area (Å²) in [7, 11) is 0. The van der Waals surface area contributed by atoms with Gasteiger partial charge in [-0.15, -0.1) is 0 Å². The molecule has 3 aliphatic rings. The molecule has 110 valence electrons. The first-order valence-corrected chi connectivity index (χ1v) is 7.26. The summed E-state index contributed by atoms with van der Waals surface area (Å²) in [4.78, 5) is 39.5. The van der Waals surface area contributed by atoms with Crippen LogP contribution in [0.25, 0.3) is 0 Å². The van der Waals surface area contributed by atoms with Gasteiger partial charge in [-0.1, -0.05) is 0 Å². The largest absolute Gasteiger partial charge is 0.339 e. The number of nitrogens with one attached hydrogen (secondary N) is 2. The van der Waals surface area contributed by atoms with E-state index in [-0.39, 0.29) is 30.2 Å². The first-order valence-electron chi connectivity index (χ1n) is 7.26. The predicted octanol–water partition coefficient (Wildman–Crippen LogP) is -1.70. The van der Waals surface area contributed by atoms with Crippen LogP contribution in [0.1, 0.15) is 19.3 Å². The molecule has 0 bridgehead atoms. The van der Waals surface area contributed by atoms with E-state index in [4.69, 9.17) is 0 Å². The van der Waals surface area contributed by atoms with E-state index in [1.54, 1.807) is 0 Å². The molecule has 0 aromatic carbocycles. The fourth-order valence-corrected chi connectivity index (χ4v) is 3.33. The van der Waals surface area contributed by atoms with Gasteiger partial charge in [-0.05, 0) is 19.4 Å². The molecule has 0 aromatic rings. The molecular weight excluding hydrogens is 260 g/mol. The second-order valence-electron chi connectivity index (χ2n) is 5.60. The van der Waals surface area contributed by atoms with Crippen molar-refractivity contribution in [2.75, 3.05) is 32.7 Å². The van der Waals surface area contributed by atoms with Crippen LogP contribution in [0, 0.1) is 0 Å². The maximum atomic E-state index is 12.6. The Morgan fingerprint density at radius 3 is 2.55 bits per heavy atom. The summed E-state index contributed by atoms with van der Waals surface area (Å²) < 4.78 is 0. The first-order chi connectivity index (χ1) is 9.66. The second-order valence-corrected chi connectivity index (χ2v) is 5.60. The summed E-state index contributed by atoms with van der Waals surface area (Å²) in [6, 6.07) is -0.698. The summed E-state index contributed by atoms with van der Waals surface area (Å²) in [5.74, 6) is -0.383. The van der Waals surface area contributed by atoms with Crippen molar-refractivity contribution in [1.29, 1.82) is 0 Å². The summed E-state index contributed by atoms with van der Waals surface area (Å²) in [5.41, 5.74) is 0. The Hall–Kier alpha value is -1.47. The number of carbonyl (C=O) groups excluding carboxylic acids is 3. The smallest absolute Gasteiger partial charge is 0.244 e. The molecule has 0 spiro atoms. The van der Waals surface area contributed by atoms with Gasteiger partial charge in [-0.3, -0.25) is 24.6 Å². The zero-order valence-electron chi connectivity index (χ0n) is 11.4. The molecule has 0 radical (unpaired) electrons. The summed E-state index contributed by atoms with van der Waals surface area (Å²) in [6.45, 7) is 3.80. The lowest BCUT2D eigenvalue weighted by Gasteiger charge is -2.34. The van der Waals surface area contributed by atoms with Gasteiger partial charge in [-0.2, -0.15) is 0 Å². The minimum Gasteiger partial charge on any atom is -0.339 e. The highest BCUT2D eigenvalue weighted by Gasteiger charge is 2.43. The average Bonchev–Trinajstić information content (AvgIpc) is 3.05. The lowest BCUT2D eigenvalue weighted by Crippen LogP contribution is -2.55. The van der Waals surface area contributed by atoms with E-state index in [2.05, 4.69) is 10.6 Å². The first kappa shape index (κ1) is 13.5. The number of piperazine rings is 1. The van der Waals surface area contributed by atoms with Gasteiger partial charge >= 0.3 is 0 Å². The summed E-state index contributed by atoms with van der Waals surface area (Å²) in [6.07, 6.45) is 1.87. The van der Waals surface area contributed by atoms with Crippen LogP contribution in [0.2, 0.25) is 0 Å². The minimum atomic E-state index is -0.457. The van der Waals surface area contributed by atoms with E-state index in [0.717, 1.165) is 39.0 Å². The lowest BCUT2D eigenvalue weighted by molar-refractivity contribution is -0.138. The van der Waals surface area contributed by atoms with Crippen LogP contribution in [-0.2, 0) is 14.4 Å². The van der Waals surface area contributed by atoms with Gasteiger partial charge in [-0.25, -0.2) is 0 Å². The van der Waals surface area contributed by atoms with Crippen molar-refractivity contribution >= 4 is 17.7 Å². The number of nitrogens with zero attached hydrogens (tertiary/aromatic N) is 2. The minimum absolute atomic E-state index is 0.108. The van der Waals surface area contributed by atoms with E-state index in [0.29, 0.717) is 6.54 Å². The van der Waals surface area contributed by atoms with Crippen molar-refractivity contribution in [1.82, 2.24) is 20.4 Å². The Balaban J connectivity index is 1.70. The van der Waals surface area contributed by atoms with E-state index in [1.165, 1.54) is 0 Å². The van der Waals surface area contributed by atoms with Gasteiger partial charge < -0.3 is 10.2 Å². The standard InChI is InChI=1S/C13H20N4O3/c18-11-8-10(12(19)15-11)17-5-1-2-9(17)13(20)16-6-3-14-4-7-16/h9-10,14H,1-8H2,(H,15,18,19). The van der Waals surface area contributed by atoms with Crippen LogP contribution in [0.15, 0.2) is 0 Å². The van der Waals surface area contributed by atoms with Crippen LogP contribution in [-0.4, -0.2) is 72.3 Å². The van der Waals surface area contributed by atoms with Gasteiger partial charge in [0, 0.05) is 26.2 Å². The van der Waals surface area contributed by atoms with Crippen molar-refractivity contribution in [2.24, 2.45) is 0 Å². The zero-order valence-corrected chi connectivity index (χ0v) is 11.4. The fourth-order valence-electron chi connectivity index (χ4n) is 3.33. The summed E-state index contributed by atoms with van der Waals surface area (Å²) in [5, 5.41) is 5.55. The van der Waals surface area contributed by atoms with E-state index in [9.17, 15) is 14.4 Å². The molecule has 0 aliphatic carbocycles. The normalized spacial score (nSPS) is 31.7. The molecule has 3 fully saturated rings. The Bertz CT molecular complexity index is 433. The summed E-state index contributed by atoms with van der Waals surface area (Å²) >= 11 is 0. The number of rotatable bonds is 2. The van der Waals surface area contributed by atoms with E-state index in [1.807, 2.05) is 9.80 Å². The van der Waals surface area contributed by atoms with Gasteiger partial charge in [0.25, 0.3) is 0 Å². The Morgan fingerprint density at radius 2 is 1.90 bits per heavy atom. The highest BCUT2D eigenvalue weighted by molar-refractivity contribution is 6.05. The molecule has 2 N–H and O–H groups in total. The molecule has 7 nitrogen and oxygen atoms in total. The van der Waals surface area contributed by atoms with Gasteiger partial charge in [0.15, 0.2) is 0 Å². The average molecular weight is 280 g/mol. The third kappa shape index (κ3) is 2.43. The number of likely N-dealkylation sites (tertiary alicyclic amines) is 1. The molecule has 20 heavy (non-hydrogen) atoms. The number of carbonyl (C=O) groups is 3. The molecule has 7 heteroatoms. The fraction of sp³-hybridized carbons (Fsp3) is 0.769. The Labute approximate surface area is 117 Å². The highest BCUT2D eigenvalue weighted by Crippen LogP contribution is 2.25. The second kappa shape index (κ2) is 5.49. The SMILES string of the molecule is O=C1CC(N2CCCC2C(=O)N2CCNCC2)C(=O)N1. The predicted molar refractivity (Wildman–Crippen MR) is 70.7 cm³/mol. The third-order valence-corrected chi connectivity index (χ3v) is 4.35. The molecule has 3 heterocycles. The van der Waals surface area contributed by atoms with Gasteiger partial charge in [0.2, 0.25) is 17.7 Å². The number of hydrogen-bond donors (Lipinski definition) is 2. The van der Waals surface area contributed by atoms with Crippen molar-refractivity contribution in [3.8, 4) is 0 Å². The highest BCUT2D eigenvalue weighted by atomic mass is 16.2. The molecule has 3 rings (SSSR count). The molecule has 0 aromatic heterocycles. The van der Waals surface area contributed by atoms with Crippen molar-refractivity contribution < 1.29 is 14.4 Å². The van der Waals surface area contributed by atoms with Crippen LogP contribution < -0.4 is 10.6 Å². The van der Waals surface area contributed by atoms with E-state index >= 15 is 0 Å². The molecule has 0 saturated carbocycles. The van der Waals surface area contributed by atoms with Crippen LogP contribution in [0.5, 0.6) is 0 Å². The number of amides is 3. The van der Waals surface area contributed by atoms with Crippen LogP contribution in [0.4, 0.5) is 0 Å². The van der Waals surface area contributed by atoms with Gasteiger partial charge in [0.05, 0.1) is 18.5 Å². The molecule has 2 atom stereocenters. The molecular formula is C13H20N4O3. The maximum Gasteiger partial charge on any atom is 0.244 e. The number of imide groups is 1. The van der Waals surface area contributed by atoms with E-state index < -0.39 is 6.04 Å². The Kier molecular flexibility index (Phi) is 3.71. The quantitative estimate of drug-likeness (QED) is 0.589. The Morgan fingerprint density at radius 1 is 1.15 bits per heavy atom. The third-order valence-electron chi connectivity index (χ3n) is 4.35. The van der Waals surface area contributed by atoms with Crippen LogP contribution in [0.3, 0.4) is 0 Å². The van der Waals surface area contributed by atoms with Crippen molar-refractivity contribution in [3.63, 3.8) is 0 Å².